The Hall–Kier alpha value is -4.26. The monoisotopic (exact) mass is 458 g/mol. The van der Waals surface area contributed by atoms with Crippen molar-refractivity contribution >= 4 is 28.8 Å². The molecule has 1 heterocycles. The molecule has 7 nitrogen and oxygen atoms in total. The summed E-state index contributed by atoms with van der Waals surface area (Å²) in [5.41, 5.74) is 2.81. The summed E-state index contributed by atoms with van der Waals surface area (Å²) in [6, 6.07) is 19.7. The van der Waals surface area contributed by atoms with E-state index in [1.54, 1.807) is 54.6 Å². The lowest BCUT2D eigenvalue weighted by atomic mass is 10.0. The topological polar surface area (TPSA) is 77.1 Å². The Bertz CT molecular complexity index is 1260. The minimum Gasteiger partial charge on any atom is -0.496 e. The van der Waals surface area contributed by atoms with Crippen LogP contribution in [0, 0.1) is 6.92 Å². The zero-order valence-corrected chi connectivity index (χ0v) is 19.5. The van der Waals surface area contributed by atoms with Crippen molar-refractivity contribution in [2.24, 2.45) is 0 Å². The SMILES string of the molecule is CCOc1ccc(NC2=C(c3ccccc3OC)C(=O)N(c3cc(C)ccc3OC)C2=O)cc1. The van der Waals surface area contributed by atoms with Gasteiger partial charge in [0.25, 0.3) is 11.8 Å². The molecular formula is C27H26N2O5. The van der Waals surface area contributed by atoms with Gasteiger partial charge in [0.2, 0.25) is 0 Å². The van der Waals surface area contributed by atoms with Crippen molar-refractivity contribution in [1.82, 2.24) is 0 Å². The average Bonchev–Trinajstić information content (AvgIpc) is 3.09. The first kappa shape index (κ1) is 22.9. The van der Waals surface area contributed by atoms with Crippen LogP contribution in [0.25, 0.3) is 5.57 Å². The number of imide groups is 1. The summed E-state index contributed by atoms with van der Waals surface area (Å²) in [6.07, 6.45) is 0. The first-order valence-electron chi connectivity index (χ1n) is 10.9. The number of anilines is 2. The van der Waals surface area contributed by atoms with Crippen LogP contribution in [0.2, 0.25) is 0 Å². The van der Waals surface area contributed by atoms with Crippen molar-refractivity contribution in [2.45, 2.75) is 13.8 Å². The minimum absolute atomic E-state index is 0.155. The Balaban J connectivity index is 1.84. The van der Waals surface area contributed by atoms with E-state index in [1.807, 2.05) is 26.0 Å². The molecule has 0 saturated heterocycles. The van der Waals surface area contributed by atoms with Gasteiger partial charge in [0, 0.05) is 11.3 Å². The number of carbonyl (C=O) groups excluding carboxylic acids is 2. The molecule has 0 fully saturated rings. The summed E-state index contributed by atoms with van der Waals surface area (Å²) in [4.78, 5) is 28.6. The number of ether oxygens (including phenoxy) is 3. The lowest BCUT2D eigenvalue weighted by molar-refractivity contribution is -0.120. The Morgan fingerprint density at radius 2 is 1.56 bits per heavy atom. The van der Waals surface area contributed by atoms with E-state index in [0.29, 0.717) is 40.8 Å². The quantitative estimate of drug-likeness (QED) is 0.489. The average molecular weight is 459 g/mol. The van der Waals surface area contributed by atoms with Crippen molar-refractivity contribution in [2.75, 3.05) is 31.0 Å². The largest absolute Gasteiger partial charge is 0.496 e. The second-order valence-corrected chi connectivity index (χ2v) is 7.65. The number of para-hydroxylation sites is 1. The van der Waals surface area contributed by atoms with Crippen LogP contribution in [0.1, 0.15) is 18.1 Å². The third kappa shape index (κ3) is 4.20. The number of amides is 2. The molecule has 1 N–H and O–H groups in total. The normalized spacial score (nSPS) is 13.4. The fourth-order valence-electron chi connectivity index (χ4n) is 3.89. The fraction of sp³-hybridized carbons (Fsp3) is 0.185. The van der Waals surface area contributed by atoms with Crippen LogP contribution in [0.4, 0.5) is 11.4 Å². The van der Waals surface area contributed by atoms with Crippen LogP contribution in [0.15, 0.2) is 72.4 Å². The van der Waals surface area contributed by atoms with Gasteiger partial charge < -0.3 is 19.5 Å². The van der Waals surface area contributed by atoms with Gasteiger partial charge in [-0.1, -0.05) is 24.3 Å². The zero-order chi connectivity index (χ0) is 24.2. The van der Waals surface area contributed by atoms with Gasteiger partial charge in [-0.2, -0.15) is 0 Å². The van der Waals surface area contributed by atoms with E-state index >= 15 is 0 Å². The summed E-state index contributed by atoms with van der Waals surface area (Å²) in [6.45, 7) is 4.35. The maximum absolute atomic E-state index is 13.8. The molecule has 174 valence electrons. The first-order valence-corrected chi connectivity index (χ1v) is 10.9. The molecule has 34 heavy (non-hydrogen) atoms. The predicted molar refractivity (Wildman–Crippen MR) is 131 cm³/mol. The summed E-state index contributed by atoms with van der Waals surface area (Å²) < 4.78 is 16.5. The molecule has 1 aliphatic heterocycles. The molecule has 4 rings (SSSR count). The number of nitrogens with zero attached hydrogens (tertiary/aromatic N) is 1. The van der Waals surface area contributed by atoms with E-state index in [1.165, 1.54) is 14.2 Å². The van der Waals surface area contributed by atoms with E-state index in [-0.39, 0.29) is 11.3 Å². The number of rotatable bonds is 8. The maximum Gasteiger partial charge on any atom is 0.282 e. The lowest BCUT2D eigenvalue weighted by Crippen LogP contribution is -2.32. The number of hydrogen-bond donors (Lipinski definition) is 1. The fourth-order valence-corrected chi connectivity index (χ4v) is 3.89. The molecule has 0 aromatic heterocycles. The number of methoxy groups -OCH3 is 2. The van der Waals surface area contributed by atoms with Crippen molar-refractivity contribution in [3.8, 4) is 17.2 Å². The summed E-state index contributed by atoms with van der Waals surface area (Å²) in [5.74, 6) is 0.680. The molecule has 3 aromatic carbocycles. The van der Waals surface area contributed by atoms with Gasteiger partial charge in [-0.05, 0) is 61.9 Å². The predicted octanol–water partition coefficient (Wildman–Crippen LogP) is 4.81. The lowest BCUT2D eigenvalue weighted by Gasteiger charge is -2.19. The first-order chi connectivity index (χ1) is 16.5. The smallest absolute Gasteiger partial charge is 0.282 e. The van der Waals surface area contributed by atoms with Gasteiger partial charge in [-0.15, -0.1) is 0 Å². The standard InChI is InChI=1S/C27H26N2O5/c1-5-34-19-13-11-18(12-14-19)28-25-24(20-8-6-7-9-22(20)32-3)26(30)29(27(25)31)21-16-17(2)10-15-23(21)33-4/h6-16,28H,5H2,1-4H3. The number of hydrogen-bond acceptors (Lipinski definition) is 6. The third-order valence-electron chi connectivity index (χ3n) is 5.47. The molecular weight excluding hydrogens is 432 g/mol. The number of benzene rings is 3. The molecule has 0 atom stereocenters. The highest BCUT2D eigenvalue weighted by atomic mass is 16.5. The van der Waals surface area contributed by atoms with Crippen LogP contribution in [0.3, 0.4) is 0 Å². The summed E-state index contributed by atoms with van der Waals surface area (Å²) in [5, 5.41) is 3.16. The van der Waals surface area contributed by atoms with E-state index < -0.39 is 11.8 Å². The highest BCUT2D eigenvalue weighted by molar-refractivity contribution is 6.46. The number of nitrogens with one attached hydrogen (secondary N) is 1. The molecule has 0 aliphatic carbocycles. The molecule has 2 amide bonds. The molecule has 0 radical (unpaired) electrons. The van der Waals surface area contributed by atoms with Crippen LogP contribution in [-0.2, 0) is 9.59 Å². The highest BCUT2D eigenvalue weighted by Gasteiger charge is 2.42. The van der Waals surface area contributed by atoms with Gasteiger partial charge in [0.1, 0.15) is 22.9 Å². The molecule has 0 saturated carbocycles. The third-order valence-corrected chi connectivity index (χ3v) is 5.47. The van der Waals surface area contributed by atoms with E-state index in [0.717, 1.165) is 10.5 Å². The Morgan fingerprint density at radius 1 is 0.853 bits per heavy atom. The van der Waals surface area contributed by atoms with Gasteiger partial charge in [-0.25, -0.2) is 4.90 Å². The molecule has 0 unspecified atom stereocenters. The van der Waals surface area contributed by atoms with Crippen LogP contribution in [0.5, 0.6) is 17.2 Å². The number of carbonyl (C=O) groups is 2. The Labute approximate surface area is 198 Å². The summed E-state index contributed by atoms with van der Waals surface area (Å²) in [7, 11) is 3.04. The van der Waals surface area contributed by atoms with Gasteiger partial charge >= 0.3 is 0 Å². The summed E-state index contributed by atoms with van der Waals surface area (Å²) >= 11 is 0. The second kappa shape index (κ2) is 9.70. The second-order valence-electron chi connectivity index (χ2n) is 7.65. The van der Waals surface area contributed by atoms with Crippen LogP contribution in [-0.4, -0.2) is 32.6 Å². The maximum atomic E-state index is 13.8. The molecule has 1 aliphatic rings. The molecule has 0 spiro atoms. The minimum atomic E-state index is -0.483. The van der Waals surface area contributed by atoms with E-state index in [9.17, 15) is 9.59 Å². The Morgan fingerprint density at radius 3 is 2.24 bits per heavy atom. The zero-order valence-electron chi connectivity index (χ0n) is 19.5. The van der Waals surface area contributed by atoms with Crippen molar-refractivity contribution in [3.63, 3.8) is 0 Å². The molecule has 3 aromatic rings. The van der Waals surface area contributed by atoms with Crippen molar-refractivity contribution in [1.29, 1.82) is 0 Å². The van der Waals surface area contributed by atoms with Crippen molar-refractivity contribution < 1.29 is 23.8 Å². The molecule has 0 bridgehead atoms. The molecule has 7 heteroatoms. The highest BCUT2D eigenvalue weighted by Crippen LogP contribution is 2.40. The van der Waals surface area contributed by atoms with Crippen LogP contribution < -0.4 is 24.4 Å². The van der Waals surface area contributed by atoms with Crippen molar-refractivity contribution in [3.05, 3.63) is 83.6 Å². The van der Waals surface area contributed by atoms with Gasteiger partial charge in [0.05, 0.1) is 32.1 Å². The van der Waals surface area contributed by atoms with E-state index in [4.69, 9.17) is 14.2 Å². The Kier molecular flexibility index (Phi) is 6.54. The number of aryl methyl sites for hydroxylation is 1. The van der Waals surface area contributed by atoms with Gasteiger partial charge in [0.15, 0.2) is 0 Å². The van der Waals surface area contributed by atoms with Gasteiger partial charge in [-0.3, -0.25) is 9.59 Å². The van der Waals surface area contributed by atoms with E-state index in [2.05, 4.69) is 5.32 Å². The van der Waals surface area contributed by atoms with Crippen LogP contribution >= 0.6 is 0 Å².